The Hall–Kier alpha value is -1.43. The standard InChI is InChI=1S/C9H16FN3O2/c1-6(11)13-5-3-2-4-7(10)8(12)9(14)15/h4,8H,2-3,5,12H2,1H3,(H2,11,13)(H,14,15)/b7-4-/t8-/m0/s1. The van der Waals surface area contributed by atoms with Crippen molar-refractivity contribution in [1.29, 1.82) is 0 Å². The molecule has 0 aliphatic carbocycles. The molecule has 0 unspecified atom stereocenters. The van der Waals surface area contributed by atoms with Crippen LogP contribution in [0.25, 0.3) is 0 Å². The van der Waals surface area contributed by atoms with Gasteiger partial charge in [0.05, 0.1) is 5.84 Å². The molecule has 0 saturated heterocycles. The van der Waals surface area contributed by atoms with E-state index >= 15 is 0 Å². The minimum absolute atomic E-state index is 0.392. The van der Waals surface area contributed by atoms with Crippen LogP contribution in [0.4, 0.5) is 4.39 Å². The Morgan fingerprint density at radius 3 is 2.73 bits per heavy atom. The molecule has 0 fully saturated rings. The molecule has 0 aromatic carbocycles. The first-order chi connectivity index (χ1) is 6.95. The van der Waals surface area contributed by atoms with Gasteiger partial charge in [-0.05, 0) is 19.8 Å². The van der Waals surface area contributed by atoms with Gasteiger partial charge in [0, 0.05) is 6.54 Å². The van der Waals surface area contributed by atoms with Crippen LogP contribution in [0, 0.1) is 0 Å². The summed E-state index contributed by atoms with van der Waals surface area (Å²) in [4.78, 5) is 14.2. The number of rotatable bonds is 6. The first kappa shape index (κ1) is 13.6. The summed E-state index contributed by atoms with van der Waals surface area (Å²) in [6.45, 7) is 2.16. The normalized spacial score (nSPS) is 15.1. The van der Waals surface area contributed by atoms with Gasteiger partial charge in [-0.15, -0.1) is 0 Å². The van der Waals surface area contributed by atoms with Crippen molar-refractivity contribution in [3.8, 4) is 0 Å². The van der Waals surface area contributed by atoms with E-state index in [9.17, 15) is 9.18 Å². The Balaban J connectivity index is 3.87. The number of carboxylic acid groups (broad SMARTS) is 1. The minimum atomic E-state index is -1.57. The molecule has 5 N–H and O–H groups in total. The lowest BCUT2D eigenvalue weighted by Gasteiger charge is -2.02. The van der Waals surface area contributed by atoms with Crippen molar-refractivity contribution >= 4 is 11.8 Å². The zero-order valence-electron chi connectivity index (χ0n) is 8.61. The topological polar surface area (TPSA) is 102 Å². The van der Waals surface area contributed by atoms with Crippen LogP contribution in [-0.2, 0) is 4.79 Å². The fourth-order valence-electron chi connectivity index (χ4n) is 0.832. The predicted octanol–water partition coefficient (Wildman–Crippen LogP) is 0.409. The molecule has 0 rings (SSSR count). The quantitative estimate of drug-likeness (QED) is 0.340. The monoisotopic (exact) mass is 217 g/mol. The maximum absolute atomic E-state index is 12.9. The van der Waals surface area contributed by atoms with Crippen molar-refractivity contribution in [2.45, 2.75) is 25.8 Å². The van der Waals surface area contributed by atoms with E-state index in [-0.39, 0.29) is 0 Å². The summed E-state index contributed by atoms with van der Waals surface area (Å²) in [5.41, 5.74) is 10.3. The SMILES string of the molecule is CC(N)=NCCC/C=C(\F)[C@H](N)C(=O)O. The van der Waals surface area contributed by atoms with Crippen LogP contribution in [0.1, 0.15) is 19.8 Å². The Kier molecular flexibility index (Phi) is 6.28. The summed E-state index contributed by atoms with van der Waals surface area (Å²) in [5.74, 6) is -1.72. The first-order valence-electron chi connectivity index (χ1n) is 4.55. The molecule has 0 bridgehead atoms. The molecule has 15 heavy (non-hydrogen) atoms. The minimum Gasteiger partial charge on any atom is -0.480 e. The number of halogens is 1. The number of carbonyl (C=O) groups is 1. The molecule has 5 nitrogen and oxygen atoms in total. The highest BCUT2D eigenvalue weighted by atomic mass is 19.1. The van der Waals surface area contributed by atoms with Crippen molar-refractivity contribution in [3.63, 3.8) is 0 Å². The van der Waals surface area contributed by atoms with Gasteiger partial charge in [0.1, 0.15) is 5.83 Å². The van der Waals surface area contributed by atoms with E-state index in [4.69, 9.17) is 16.6 Å². The number of aliphatic carboxylic acids is 1. The van der Waals surface area contributed by atoms with Crippen LogP contribution in [0.15, 0.2) is 16.9 Å². The second-order valence-electron chi connectivity index (χ2n) is 3.07. The van der Waals surface area contributed by atoms with E-state index in [1.54, 1.807) is 6.92 Å². The number of hydrogen-bond acceptors (Lipinski definition) is 3. The molecule has 0 heterocycles. The van der Waals surface area contributed by atoms with Gasteiger partial charge in [0.2, 0.25) is 0 Å². The van der Waals surface area contributed by atoms with Crippen molar-refractivity contribution in [3.05, 3.63) is 11.9 Å². The number of unbranched alkanes of at least 4 members (excludes halogenated alkanes) is 1. The third kappa shape index (κ3) is 6.62. The van der Waals surface area contributed by atoms with E-state index < -0.39 is 17.8 Å². The third-order valence-electron chi connectivity index (χ3n) is 1.63. The van der Waals surface area contributed by atoms with Crippen LogP contribution in [0.3, 0.4) is 0 Å². The van der Waals surface area contributed by atoms with E-state index in [1.807, 2.05) is 0 Å². The molecule has 0 aromatic heterocycles. The van der Waals surface area contributed by atoms with Crippen LogP contribution in [-0.4, -0.2) is 29.5 Å². The van der Waals surface area contributed by atoms with Crippen LogP contribution < -0.4 is 11.5 Å². The third-order valence-corrected chi connectivity index (χ3v) is 1.63. The molecule has 0 saturated carbocycles. The summed E-state index contributed by atoms with van der Waals surface area (Å²) >= 11 is 0. The average molecular weight is 217 g/mol. The molecule has 1 atom stereocenters. The number of hydrogen-bond donors (Lipinski definition) is 3. The van der Waals surface area contributed by atoms with Gasteiger partial charge in [-0.2, -0.15) is 0 Å². The number of amidine groups is 1. The molecule has 86 valence electrons. The molecular formula is C9H16FN3O2. The van der Waals surface area contributed by atoms with E-state index in [2.05, 4.69) is 4.99 Å². The molecule has 0 aliphatic rings. The summed E-state index contributed by atoms with van der Waals surface area (Å²) in [6.07, 6.45) is 2.16. The van der Waals surface area contributed by atoms with Gasteiger partial charge in [-0.3, -0.25) is 9.79 Å². The Morgan fingerprint density at radius 2 is 2.27 bits per heavy atom. The molecule has 0 radical (unpaired) electrons. The van der Waals surface area contributed by atoms with Gasteiger partial charge in [-0.1, -0.05) is 6.08 Å². The zero-order valence-corrected chi connectivity index (χ0v) is 8.61. The highest BCUT2D eigenvalue weighted by Gasteiger charge is 2.16. The molecular weight excluding hydrogens is 201 g/mol. The van der Waals surface area contributed by atoms with Crippen molar-refractivity contribution in [2.24, 2.45) is 16.5 Å². The van der Waals surface area contributed by atoms with E-state index in [1.165, 1.54) is 6.08 Å². The summed E-state index contributed by atoms with van der Waals surface area (Å²) in [7, 11) is 0. The summed E-state index contributed by atoms with van der Waals surface area (Å²) in [5, 5.41) is 8.38. The Labute approximate surface area is 87.7 Å². The van der Waals surface area contributed by atoms with Gasteiger partial charge < -0.3 is 16.6 Å². The highest BCUT2D eigenvalue weighted by molar-refractivity contribution is 5.77. The number of carboxylic acids is 1. The maximum atomic E-state index is 12.9. The Morgan fingerprint density at radius 1 is 1.67 bits per heavy atom. The smallest absolute Gasteiger partial charge is 0.327 e. The highest BCUT2D eigenvalue weighted by Crippen LogP contribution is 2.05. The molecule has 0 aromatic rings. The molecule has 6 heteroatoms. The lowest BCUT2D eigenvalue weighted by molar-refractivity contribution is -0.137. The zero-order chi connectivity index (χ0) is 11.8. The van der Waals surface area contributed by atoms with Crippen LogP contribution >= 0.6 is 0 Å². The summed E-state index contributed by atoms with van der Waals surface area (Å²) < 4.78 is 12.9. The van der Waals surface area contributed by atoms with E-state index in [0.29, 0.717) is 25.2 Å². The first-order valence-corrected chi connectivity index (χ1v) is 4.55. The predicted molar refractivity (Wildman–Crippen MR) is 56.2 cm³/mol. The fourth-order valence-corrected chi connectivity index (χ4v) is 0.832. The molecule has 0 amide bonds. The maximum Gasteiger partial charge on any atom is 0.327 e. The van der Waals surface area contributed by atoms with Gasteiger partial charge in [0.25, 0.3) is 0 Å². The average Bonchev–Trinajstić information content (AvgIpc) is 2.15. The fraction of sp³-hybridized carbons (Fsp3) is 0.556. The van der Waals surface area contributed by atoms with Crippen molar-refractivity contribution in [1.82, 2.24) is 0 Å². The largest absolute Gasteiger partial charge is 0.480 e. The van der Waals surface area contributed by atoms with Crippen LogP contribution in [0.5, 0.6) is 0 Å². The van der Waals surface area contributed by atoms with Crippen molar-refractivity contribution < 1.29 is 14.3 Å². The second-order valence-corrected chi connectivity index (χ2v) is 3.07. The van der Waals surface area contributed by atoms with Crippen LogP contribution in [0.2, 0.25) is 0 Å². The lowest BCUT2D eigenvalue weighted by atomic mass is 10.2. The van der Waals surface area contributed by atoms with E-state index in [0.717, 1.165) is 0 Å². The number of nitrogens with two attached hydrogens (primary N) is 2. The summed E-state index contributed by atoms with van der Waals surface area (Å²) in [6, 6.07) is -1.57. The molecule has 0 spiro atoms. The van der Waals surface area contributed by atoms with Gasteiger partial charge in [-0.25, -0.2) is 4.39 Å². The molecule has 0 aliphatic heterocycles. The lowest BCUT2D eigenvalue weighted by Crippen LogP contribution is -2.30. The van der Waals surface area contributed by atoms with Gasteiger partial charge in [0.15, 0.2) is 6.04 Å². The van der Waals surface area contributed by atoms with Gasteiger partial charge >= 0.3 is 5.97 Å². The number of aliphatic imine (C=N–C) groups is 1. The number of allylic oxidation sites excluding steroid dienone is 1. The number of nitrogens with zero attached hydrogens (tertiary/aromatic N) is 1. The Bertz CT molecular complexity index is 273. The van der Waals surface area contributed by atoms with Crippen molar-refractivity contribution in [2.75, 3.05) is 6.54 Å². The second kappa shape index (κ2) is 6.94.